The van der Waals surface area contributed by atoms with Crippen molar-refractivity contribution < 1.29 is 0 Å². The van der Waals surface area contributed by atoms with E-state index in [-0.39, 0.29) is 0 Å². The molecule has 0 spiro atoms. The summed E-state index contributed by atoms with van der Waals surface area (Å²) in [5.74, 6) is 0. The van der Waals surface area contributed by atoms with E-state index in [4.69, 9.17) is 0 Å². The van der Waals surface area contributed by atoms with Crippen molar-refractivity contribution >= 4 is 79.2 Å². The topological polar surface area (TPSA) is 0 Å². The molecule has 22 aromatic carbocycles. The first-order chi connectivity index (χ1) is 66.2. The Hall–Kier alpha value is -16.2. The molecule has 22 aromatic rings. The van der Waals surface area contributed by atoms with Crippen LogP contribution in [0.15, 0.2) is 558 Å². The van der Waals surface area contributed by atoms with Gasteiger partial charge in [0.15, 0.2) is 16.1 Å². The van der Waals surface area contributed by atoms with Gasteiger partial charge in [0.05, 0.1) is 0 Å². The van der Waals surface area contributed by atoms with Crippen molar-refractivity contribution in [3.05, 3.63) is 580 Å². The van der Waals surface area contributed by atoms with Gasteiger partial charge < -0.3 is 0 Å². The summed E-state index contributed by atoms with van der Waals surface area (Å²) in [6.07, 6.45) is 0. The summed E-state index contributed by atoms with van der Waals surface area (Å²) in [4.78, 5) is 0. The quantitative estimate of drug-likeness (QED) is 0.0456. The zero-order valence-electron chi connectivity index (χ0n) is 76.1. The summed E-state index contributed by atoms with van der Waals surface area (Å²) in [5, 5.41) is 16.3. The van der Waals surface area contributed by atoms with Gasteiger partial charge >= 0.3 is 0 Å². The van der Waals surface area contributed by atoms with Crippen LogP contribution in [0.5, 0.6) is 0 Å². The van der Waals surface area contributed by atoms with Crippen molar-refractivity contribution in [2.45, 2.75) is 27.7 Å². The van der Waals surface area contributed by atoms with Crippen LogP contribution >= 0.6 is 0 Å². The minimum Gasteiger partial charge on any atom is -0.0623 e. The molecule has 0 aliphatic rings. The molecule has 22 rings (SSSR count). The van der Waals surface area contributed by atoms with Crippen molar-refractivity contribution in [2.24, 2.45) is 0 Å². The van der Waals surface area contributed by atoms with E-state index in [0.29, 0.717) is 0 Å². The molecule has 0 atom stereocenters. The van der Waals surface area contributed by atoms with Crippen molar-refractivity contribution in [1.29, 1.82) is 0 Å². The monoisotopic (exact) mass is 1740 g/mol. The highest BCUT2D eigenvalue weighted by atomic mass is 28.3. The Balaban J connectivity index is 0.000000120. The minimum absolute atomic E-state index is 1.22. The van der Waals surface area contributed by atoms with Crippen LogP contribution in [0.1, 0.15) is 22.3 Å². The third-order valence-corrected chi connectivity index (χ3v) is 35.8. The van der Waals surface area contributed by atoms with Gasteiger partial charge in [-0.15, -0.1) is 0 Å². The molecule has 0 saturated heterocycles. The average molecular weight is 1750 g/mol. The lowest BCUT2D eigenvalue weighted by molar-refractivity contribution is 1.47. The van der Waals surface area contributed by atoms with Crippen LogP contribution < -0.4 is 41.5 Å². The highest BCUT2D eigenvalue weighted by Crippen LogP contribution is 2.44. The first kappa shape index (κ1) is 87.1. The van der Waals surface area contributed by atoms with Crippen LogP contribution in [-0.2, 0) is 0 Å². The number of hydrogen-bond donors (Lipinski definition) is 0. The molecule has 0 N–H and O–H groups in total. The van der Waals surface area contributed by atoms with E-state index in [0.717, 1.165) is 0 Å². The zero-order valence-corrected chi connectivity index (χ0v) is 78.1. The molecule has 0 amide bonds. The first-order valence-corrected chi connectivity index (χ1v) is 50.5. The molecule has 0 aliphatic carbocycles. The van der Waals surface area contributed by atoms with Crippen LogP contribution in [0.2, 0.25) is 0 Å². The molecule has 0 heterocycles. The Bertz CT molecular complexity index is 7490. The summed E-state index contributed by atoms with van der Waals surface area (Å²) < 4.78 is 0. The van der Waals surface area contributed by atoms with Crippen molar-refractivity contribution in [3.8, 4) is 111 Å². The van der Waals surface area contributed by atoms with Crippen LogP contribution in [0, 0.1) is 27.7 Å². The molecule has 2 heteroatoms. The molecule has 0 aliphatic heterocycles. The second kappa shape index (κ2) is 40.9. The smallest absolute Gasteiger partial charge is 0.0623 e. The third-order valence-electron chi connectivity index (χ3n) is 26.2. The Kier molecular flexibility index (Phi) is 26.6. The van der Waals surface area contributed by atoms with Crippen LogP contribution in [0.3, 0.4) is 0 Å². The van der Waals surface area contributed by atoms with Crippen molar-refractivity contribution in [1.82, 2.24) is 0 Å². The van der Waals surface area contributed by atoms with Crippen LogP contribution in [-0.4, -0.2) is 16.1 Å². The van der Waals surface area contributed by atoms with E-state index in [1.54, 1.807) is 0 Å². The van der Waals surface area contributed by atoms with E-state index in [1.807, 2.05) is 0 Å². The lowest BCUT2D eigenvalue weighted by Crippen LogP contribution is -2.75. The minimum atomic E-state index is -2.76. The summed E-state index contributed by atoms with van der Waals surface area (Å²) >= 11 is 0. The van der Waals surface area contributed by atoms with Gasteiger partial charge in [-0.05, 0) is 208 Å². The largest absolute Gasteiger partial charge is 0.180 e. The van der Waals surface area contributed by atoms with Crippen LogP contribution in [0.25, 0.3) is 133 Å². The lowest BCUT2D eigenvalue weighted by atomic mass is 9.89. The van der Waals surface area contributed by atoms with Crippen molar-refractivity contribution in [2.75, 3.05) is 0 Å². The Morgan fingerprint density at radius 2 is 0.351 bits per heavy atom. The molecule has 640 valence electrons. The molecule has 0 aromatic heterocycles. The van der Waals surface area contributed by atoms with E-state index in [9.17, 15) is 0 Å². The predicted molar refractivity (Wildman–Crippen MR) is 581 cm³/mol. The normalized spacial score (nSPS) is 11.1. The fourth-order valence-corrected chi connectivity index (χ4v) is 29.6. The molecule has 0 saturated carbocycles. The Morgan fingerprint density at radius 1 is 0.119 bits per heavy atom. The van der Waals surface area contributed by atoms with Gasteiger partial charge in [0.2, 0.25) is 0 Å². The SMILES string of the molecule is Cc1ccc(-c2ccccc2-c2cc3ccccc3c3ccccc23)cc1.Cc1ccc(-c2ccccc2-c2ccc([Si](c3ccccc3)(c3ccccc3)c3ccccc3)cc2-c2ccccc2)cc1.Cc1ccc(-c2ccccc2-c2ccccc2)cc1.Cc1ccc(-c2ccccc2-c2ccccc2-c2ccccc2)c([Si](c2ccccc2)(c2ccccc2)c2ccccc2)c1. The zero-order chi connectivity index (χ0) is 90.8. The standard InChI is InChI=1S/2C43H34Si.C27H20.C19H16/c1-33-30-31-42(41-29-17-16-28-40(41)39-27-15-14-26-38(39)34-18-6-2-7-19-34)43(32-33)44(35-20-8-3-9-21-35,36-22-10-4-11-23-36)37-24-12-5-13-25-37;1-33-26-28-35(29-27-33)40-24-14-15-25-41(40)42-31-30-39(32-43(42)34-16-6-2-7-17-34)44(36-18-8-3-9-19-36,37-20-10-4-11-21-37)38-22-12-5-13-23-38;1-19-14-16-20(17-15-19)22-9-4-5-12-25(22)27-18-21-8-2-3-10-23(21)24-11-6-7-13-26(24)27;1-15-11-13-17(14-12-15)19-10-6-5-9-18(19)16-7-3-2-4-8-16/h2*2-32H,1H3;2-18H,1H3;2-14H,1H3. The number of benzene rings is 22. The molecule has 0 bridgehead atoms. The summed E-state index contributed by atoms with van der Waals surface area (Å²) in [6.45, 7) is 8.62. The second-order valence-corrected chi connectivity index (χ2v) is 42.2. The van der Waals surface area contributed by atoms with Gasteiger partial charge in [-0.3, -0.25) is 0 Å². The van der Waals surface area contributed by atoms with E-state index in [2.05, 4.69) is 586 Å². The summed E-state index contributed by atoms with van der Waals surface area (Å²) in [7, 11) is -5.43. The number of fused-ring (bicyclic) bond motifs is 3. The number of hydrogen-bond acceptors (Lipinski definition) is 0. The van der Waals surface area contributed by atoms with Gasteiger partial charge in [-0.1, -0.05) is 574 Å². The fourth-order valence-electron chi connectivity index (χ4n) is 19.7. The summed E-state index contributed by atoms with van der Waals surface area (Å²) in [5.41, 5.74) is 30.3. The van der Waals surface area contributed by atoms with E-state index < -0.39 is 16.1 Å². The predicted octanol–water partition coefficient (Wildman–Crippen LogP) is 29.7. The van der Waals surface area contributed by atoms with E-state index in [1.165, 1.54) is 197 Å². The highest BCUT2D eigenvalue weighted by molar-refractivity contribution is 7.21. The number of aryl methyl sites for hydroxylation is 4. The number of rotatable bonds is 18. The summed E-state index contributed by atoms with van der Waals surface area (Å²) in [6, 6.07) is 204. The first-order valence-electron chi connectivity index (χ1n) is 46.5. The maximum Gasteiger partial charge on any atom is 0.180 e. The van der Waals surface area contributed by atoms with Crippen molar-refractivity contribution in [3.63, 3.8) is 0 Å². The second-order valence-electron chi connectivity index (χ2n) is 34.6. The molecular weight excluding hydrogens is 1640 g/mol. The molecule has 134 heavy (non-hydrogen) atoms. The van der Waals surface area contributed by atoms with Crippen LogP contribution in [0.4, 0.5) is 0 Å². The molecular formula is C132H104Si2. The molecule has 0 fully saturated rings. The van der Waals surface area contributed by atoms with Gasteiger partial charge in [0, 0.05) is 0 Å². The fraction of sp³-hybridized carbons (Fsp3) is 0.0303. The molecule has 0 radical (unpaired) electrons. The third kappa shape index (κ3) is 18.3. The average Bonchev–Trinajstić information content (AvgIpc) is 0.725. The van der Waals surface area contributed by atoms with Gasteiger partial charge in [-0.25, -0.2) is 0 Å². The van der Waals surface area contributed by atoms with Gasteiger partial charge in [-0.2, -0.15) is 0 Å². The Labute approximate surface area is 792 Å². The molecule has 0 unspecified atom stereocenters. The van der Waals surface area contributed by atoms with Gasteiger partial charge in [0.25, 0.3) is 0 Å². The maximum absolute atomic E-state index is 2.76. The lowest BCUT2D eigenvalue weighted by Gasteiger charge is -2.36. The maximum atomic E-state index is 2.50. The van der Waals surface area contributed by atoms with E-state index >= 15 is 0 Å². The Morgan fingerprint density at radius 3 is 0.709 bits per heavy atom. The highest BCUT2D eigenvalue weighted by Gasteiger charge is 2.44. The van der Waals surface area contributed by atoms with Gasteiger partial charge in [0.1, 0.15) is 0 Å². The molecule has 0 nitrogen and oxygen atoms in total.